The third kappa shape index (κ3) is 3.24. The van der Waals surface area contributed by atoms with Crippen LogP contribution in [0.4, 0.5) is 0 Å². The van der Waals surface area contributed by atoms with Crippen LogP contribution in [0.25, 0.3) is 0 Å². The van der Waals surface area contributed by atoms with Crippen LogP contribution in [0.2, 0.25) is 0 Å². The highest BCUT2D eigenvalue weighted by molar-refractivity contribution is 5.31. The highest BCUT2D eigenvalue weighted by Crippen LogP contribution is 2.39. The minimum atomic E-state index is 0.298. The smallest absolute Gasteiger partial charge is 0.0357 e. The quantitative estimate of drug-likeness (QED) is 0.798. The lowest BCUT2D eigenvalue weighted by Gasteiger charge is -2.40. The van der Waals surface area contributed by atoms with Crippen molar-refractivity contribution in [3.8, 4) is 0 Å². The average Bonchev–Trinajstić information content (AvgIpc) is 2.88. The molecule has 1 atom stereocenters. The minimum Gasteiger partial charge on any atom is -0.305 e. The summed E-state index contributed by atoms with van der Waals surface area (Å²) in [5, 5.41) is 0. The van der Waals surface area contributed by atoms with Gasteiger partial charge in [0.1, 0.15) is 0 Å². The fourth-order valence-corrected chi connectivity index (χ4v) is 3.36. The van der Waals surface area contributed by atoms with Crippen LogP contribution in [-0.2, 0) is 6.54 Å². The molecular weight excluding hydrogens is 244 g/mol. The molecular formula is C18H30N2. The van der Waals surface area contributed by atoms with Crippen LogP contribution in [0.1, 0.15) is 57.2 Å². The molecule has 0 aromatic heterocycles. The Bertz CT molecular complexity index is 437. The summed E-state index contributed by atoms with van der Waals surface area (Å²) in [7, 11) is 4.30. The fraction of sp³-hybridized carbons (Fsp3) is 0.667. The van der Waals surface area contributed by atoms with E-state index in [-0.39, 0.29) is 0 Å². The first-order valence-corrected chi connectivity index (χ1v) is 7.95. The predicted molar refractivity (Wildman–Crippen MR) is 86.9 cm³/mol. The predicted octanol–water partition coefficient (Wildman–Crippen LogP) is 4.07. The summed E-state index contributed by atoms with van der Waals surface area (Å²) in [5.41, 5.74) is 3.33. The van der Waals surface area contributed by atoms with E-state index >= 15 is 0 Å². The molecule has 0 aliphatic carbocycles. The largest absolute Gasteiger partial charge is 0.305 e. The van der Waals surface area contributed by atoms with Crippen LogP contribution in [0.3, 0.4) is 0 Å². The molecule has 0 radical (unpaired) electrons. The molecule has 2 nitrogen and oxygen atoms in total. The molecule has 2 heteroatoms. The first-order valence-electron chi connectivity index (χ1n) is 7.95. The Labute approximate surface area is 124 Å². The van der Waals surface area contributed by atoms with Crippen molar-refractivity contribution >= 4 is 0 Å². The number of rotatable bonds is 5. The van der Waals surface area contributed by atoms with E-state index in [9.17, 15) is 0 Å². The van der Waals surface area contributed by atoms with Crippen molar-refractivity contribution in [3.63, 3.8) is 0 Å². The number of likely N-dealkylation sites (tertiary alicyclic amines) is 1. The fourth-order valence-electron chi connectivity index (χ4n) is 3.36. The zero-order chi connectivity index (χ0) is 14.8. The summed E-state index contributed by atoms with van der Waals surface area (Å²) in [4.78, 5) is 4.99. The maximum atomic E-state index is 2.72. The summed E-state index contributed by atoms with van der Waals surface area (Å²) < 4.78 is 0. The molecule has 112 valence electrons. The van der Waals surface area contributed by atoms with Gasteiger partial charge in [-0.15, -0.1) is 0 Å². The van der Waals surface area contributed by atoms with Crippen LogP contribution in [0, 0.1) is 0 Å². The van der Waals surface area contributed by atoms with Gasteiger partial charge in [-0.3, -0.25) is 4.90 Å². The second-order valence-corrected chi connectivity index (χ2v) is 6.95. The standard InChI is InChI=1S/C18H30N2/c1-6-18(2,3)20-13-9-12-17(20)16-11-8-7-10-15(16)14-19(4)5/h7-8,10-11,17H,6,9,12-14H2,1-5H3/t17-/m1/s1. The second kappa shape index (κ2) is 6.28. The summed E-state index contributed by atoms with van der Waals surface area (Å²) >= 11 is 0. The van der Waals surface area contributed by atoms with E-state index in [4.69, 9.17) is 0 Å². The van der Waals surface area contributed by atoms with Gasteiger partial charge in [-0.2, -0.15) is 0 Å². The first kappa shape index (κ1) is 15.5. The van der Waals surface area contributed by atoms with Crippen molar-refractivity contribution in [2.24, 2.45) is 0 Å². The van der Waals surface area contributed by atoms with E-state index in [1.54, 1.807) is 5.56 Å². The van der Waals surface area contributed by atoms with Crippen LogP contribution in [0.5, 0.6) is 0 Å². The molecule has 0 N–H and O–H groups in total. The van der Waals surface area contributed by atoms with Gasteiger partial charge in [-0.1, -0.05) is 31.2 Å². The maximum absolute atomic E-state index is 2.72. The Morgan fingerprint density at radius 2 is 1.95 bits per heavy atom. The summed E-state index contributed by atoms with van der Waals surface area (Å²) in [6.07, 6.45) is 3.83. The van der Waals surface area contributed by atoms with Gasteiger partial charge in [0.2, 0.25) is 0 Å². The van der Waals surface area contributed by atoms with Gasteiger partial charge in [0.05, 0.1) is 0 Å². The lowest BCUT2D eigenvalue weighted by atomic mass is 9.93. The Hall–Kier alpha value is -0.860. The maximum Gasteiger partial charge on any atom is 0.0357 e. The Balaban J connectivity index is 2.30. The Morgan fingerprint density at radius 1 is 1.25 bits per heavy atom. The highest BCUT2D eigenvalue weighted by atomic mass is 15.2. The van der Waals surface area contributed by atoms with E-state index in [0.29, 0.717) is 11.6 Å². The summed E-state index contributed by atoms with van der Waals surface area (Å²) in [5.74, 6) is 0. The molecule has 1 aliphatic heterocycles. The van der Waals surface area contributed by atoms with Crippen molar-refractivity contribution in [3.05, 3.63) is 35.4 Å². The van der Waals surface area contributed by atoms with Gasteiger partial charge < -0.3 is 4.90 Å². The molecule has 0 unspecified atom stereocenters. The van der Waals surface area contributed by atoms with Crippen LogP contribution >= 0.6 is 0 Å². The van der Waals surface area contributed by atoms with Gasteiger partial charge in [-0.25, -0.2) is 0 Å². The van der Waals surface area contributed by atoms with Crippen LogP contribution < -0.4 is 0 Å². The third-order valence-corrected chi connectivity index (χ3v) is 4.80. The van der Waals surface area contributed by atoms with E-state index in [0.717, 1.165) is 6.54 Å². The van der Waals surface area contributed by atoms with Crippen molar-refractivity contribution in [2.45, 2.75) is 58.2 Å². The summed E-state index contributed by atoms with van der Waals surface area (Å²) in [6.45, 7) is 9.36. The number of nitrogens with zero attached hydrogens (tertiary/aromatic N) is 2. The molecule has 0 amide bonds. The van der Waals surface area contributed by atoms with Crippen molar-refractivity contribution in [1.29, 1.82) is 0 Å². The molecule has 1 aromatic carbocycles. The SMILES string of the molecule is CCC(C)(C)N1CCC[C@@H]1c1ccccc1CN(C)C. The van der Waals surface area contributed by atoms with E-state index in [1.807, 2.05) is 0 Å². The highest BCUT2D eigenvalue weighted by Gasteiger charge is 2.36. The van der Waals surface area contributed by atoms with Gasteiger partial charge in [-0.05, 0) is 64.9 Å². The molecule has 0 spiro atoms. The van der Waals surface area contributed by atoms with Gasteiger partial charge in [0, 0.05) is 18.1 Å². The zero-order valence-corrected chi connectivity index (χ0v) is 13.8. The van der Waals surface area contributed by atoms with Gasteiger partial charge in [0.15, 0.2) is 0 Å². The molecule has 2 rings (SSSR count). The Morgan fingerprint density at radius 3 is 2.60 bits per heavy atom. The summed E-state index contributed by atoms with van der Waals surface area (Å²) in [6, 6.07) is 9.61. The molecule has 1 heterocycles. The molecule has 20 heavy (non-hydrogen) atoms. The van der Waals surface area contributed by atoms with E-state index < -0.39 is 0 Å². The van der Waals surface area contributed by atoms with E-state index in [2.05, 4.69) is 68.9 Å². The molecule has 1 saturated heterocycles. The lowest BCUT2D eigenvalue weighted by molar-refractivity contribution is 0.100. The molecule has 0 saturated carbocycles. The van der Waals surface area contributed by atoms with Crippen molar-refractivity contribution in [1.82, 2.24) is 9.80 Å². The zero-order valence-electron chi connectivity index (χ0n) is 13.8. The van der Waals surface area contributed by atoms with Crippen molar-refractivity contribution < 1.29 is 0 Å². The number of benzene rings is 1. The average molecular weight is 274 g/mol. The molecule has 1 fully saturated rings. The topological polar surface area (TPSA) is 6.48 Å². The normalized spacial score (nSPS) is 20.8. The molecule has 1 aliphatic rings. The van der Waals surface area contributed by atoms with Crippen LogP contribution in [0.15, 0.2) is 24.3 Å². The number of hydrogen-bond donors (Lipinski definition) is 0. The van der Waals surface area contributed by atoms with Crippen LogP contribution in [-0.4, -0.2) is 36.0 Å². The lowest BCUT2D eigenvalue weighted by Crippen LogP contribution is -2.43. The van der Waals surface area contributed by atoms with E-state index in [1.165, 1.54) is 31.4 Å². The number of hydrogen-bond acceptors (Lipinski definition) is 2. The minimum absolute atomic E-state index is 0.298. The first-order chi connectivity index (χ1) is 9.45. The van der Waals surface area contributed by atoms with Gasteiger partial charge in [0.25, 0.3) is 0 Å². The Kier molecular flexibility index (Phi) is 4.87. The second-order valence-electron chi connectivity index (χ2n) is 6.95. The van der Waals surface area contributed by atoms with Gasteiger partial charge >= 0.3 is 0 Å². The monoisotopic (exact) mass is 274 g/mol. The molecule has 0 bridgehead atoms. The third-order valence-electron chi connectivity index (χ3n) is 4.80. The molecule has 1 aromatic rings. The van der Waals surface area contributed by atoms with Crippen molar-refractivity contribution in [2.75, 3.05) is 20.6 Å².